The van der Waals surface area contributed by atoms with Gasteiger partial charge in [-0.1, -0.05) is 0 Å². The van der Waals surface area contributed by atoms with E-state index in [9.17, 15) is 0 Å². The Bertz CT molecular complexity index is 458. The minimum Gasteiger partial charge on any atom is -0.334 e. The van der Waals surface area contributed by atoms with Crippen LogP contribution in [0, 0.1) is 6.92 Å². The molecule has 0 radical (unpaired) electrons. The summed E-state index contributed by atoms with van der Waals surface area (Å²) in [4.78, 5) is 8.35. The van der Waals surface area contributed by atoms with E-state index in [2.05, 4.69) is 25.0 Å². The van der Waals surface area contributed by atoms with Crippen LogP contribution >= 0.6 is 0 Å². The highest BCUT2D eigenvalue weighted by atomic mass is 15.3. The number of aryl methyl sites for hydroxylation is 2. The molecule has 0 aromatic carbocycles. The molecule has 6 heteroatoms. The van der Waals surface area contributed by atoms with Crippen molar-refractivity contribution in [2.24, 2.45) is 7.05 Å². The van der Waals surface area contributed by atoms with E-state index in [1.54, 1.807) is 11.0 Å². The lowest BCUT2D eigenvalue weighted by molar-refractivity contribution is 0.582. The fraction of sp³-hybridized carbons (Fsp3) is 0.545. The lowest BCUT2D eigenvalue weighted by Gasteiger charge is -2.05. The van der Waals surface area contributed by atoms with Crippen LogP contribution in [0.5, 0.6) is 0 Å². The first-order valence-corrected chi connectivity index (χ1v) is 5.78. The van der Waals surface area contributed by atoms with Gasteiger partial charge >= 0.3 is 0 Å². The summed E-state index contributed by atoms with van der Waals surface area (Å²) in [6, 6.07) is 0. The summed E-state index contributed by atoms with van der Waals surface area (Å²) in [6.07, 6.45) is 6.42. The van der Waals surface area contributed by atoms with Gasteiger partial charge in [0.25, 0.3) is 0 Å². The van der Waals surface area contributed by atoms with Crippen LogP contribution in [0.4, 0.5) is 0 Å². The second-order valence-corrected chi connectivity index (χ2v) is 4.00. The molecule has 0 aliphatic heterocycles. The molecule has 2 rings (SSSR count). The summed E-state index contributed by atoms with van der Waals surface area (Å²) < 4.78 is 3.86. The number of nitrogens with zero attached hydrogens (tertiary/aromatic N) is 5. The van der Waals surface area contributed by atoms with Gasteiger partial charge in [0, 0.05) is 45.5 Å². The lowest BCUT2D eigenvalue weighted by Crippen LogP contribution is -2.22. The summed E-state index contributed by atoms with van der Waals surface area (Å²) in [5.74, 6) is 1.94. The Kier molecular flexibility index (Phi) is 3.87. The third-order valence-corrected chi connectivity index (χ3v) is 2.63. The summed E-state index contributed by atoms with van der Waals surface area (Å²) in [6.45, 7) is 4.79. The molecule has 0 spiro atoms. The molecule has 0 bridgehead atoms. The maximum absolute atomic E-state index is 4.22. The third-order valence-electron chi connectivity index (χ3n) is 2.63. The standard InChI is InChI=1S/C11H18N6/c1-10-13-6-8-17(10)7-5-12-4-3-11-14-9-16(2)15-11/h6,8-9,12H,3-5,7H2,1-2H3. The summed E-state index contributed by atoms with van der Waals surface area (Å²) in [5, 5.41) is 7.59. The zero-order valence-electron chi connectivity index (χ0n) is 10.3. The highest BCUT2D eigenvalue weighted by Crippen LogP contribution is 1.93. The zero-order chi connectivity index (χ0) is 12.1. The number of aromatic nitrogens is 5. The Morgan fingerprint density at radius 1 is 1.29 bits per heavy atom. The van der Waals surface area contributed by atoms with Gasteiger partial charge in [-0.2, -0.15) is 5.10 Å². The monoisotopic (exact) mass is 234 g/mol. The molecular weight excluding hydrogens is 216 g/mol. The van der Waals surface area contributed by atoms with Crippen LogP contribution in [0.1, 0.15) is 11.6 Å². The molecule has 17 heavy (non-hydrogen) atoms. The minimum atomic E-state index is 0.865. The van der Waals surface area contributed by atoms with Crippen molar-refractivity contribution >= 4 is 0 Å². The molecule has 0 fully saturated rings. The van der Waals surface area contributed by atoms with Crippen LogP contribution in [0.2, 0.25) is 0 Å². The first kappa shape index (κ1) is 11.8. The Morgan fingerprint density at radius 3 is 2.82 bits per heavy atom. The van der Waals surface area contributed by atoms with E-state index in [1.807, 2.05) is 26.4 Å². The van der Waals surface area contributed by atoms with Gasteiger partial charge in [0.2, 0.25) is 0 Å². The van der Waals surface area contributed by atoms with Crippen LogP contribution < -0.4 is 5.32 Å². The number of rotatable bonds is 6. The van der Waals surface area contributed by atoms with Gasteiger partial charge < -0.3 is 9.88 Å². The van der Waals surface area contributed by atoms with E-state index in [0.717, 1.165) is 37.7 Å². The van der Waals surface area contributed by atoms with Crippen molar-refractivity contribution in [1.29, 1.82) is 0 Å². The van der Waals surface area contributed by atoms with Crippen molar-refractivity contribution < 1.29 is 0 Å². The molecule has 2 aromatic heterocycles. The van der Waals surface area contributed by atoms with Gasteiger partial charge in [0.15, 0.2) is 5.82 Å². The zero-order valence-corrected chi connectivity index (χ0v) is 10.3. The first-order valence-electron chi connectivity index (χ1n) is 5.78. The molecule has 6 nitrogen and oxygen atoms in total. The molecule has 0 amide bonds. The summed E-state index contributed by atoms with van der Waals surface area (Å²) in [5.41, 5.74) is 0. The largest absolute Gasteiger partial charge is 0.334 e. The van der Waals surface area contributed by atoms with Crippen LogP contribution in [-0.2, 0) is 20.0 Å². The van der Waals surface area contributed by atoms with E-state index >= 15 is 0 Å². The average molecular weight is 234 g/mol. The van der Waals surface area contributed by atoms with E-state index in [0.29, 0.717) is 0 Å². The molecule has 0 saturated carbocycles. The summed E-state index contributed by atoms with van der Waals surface area (Å²) in [7, 11) is 1.88. The average Bonchev–Trinajstić information content (AvgIpc) is 2.88. The fourth-order valence-corrected chi connectivity index (χ4v) is 1.66. The maximum atomic E-state index is 4.22. The van der Waals surface area contributed by atoms with Gasteiger partial charge in [0.1, 0.15) is 12.2 Å². The minimum absolute atomic E-state index is 0.865. The Morgan fingerprint density at radius 2 is 2.18 bits per heavy atom. The quantitative estimate of drug-likeness (QED) is 0.723. The number of imidazole rings is 1. The number of hydrogen-bond acceptors (Lipinski definition) is 4. The van der Waals surface area contributed by atoms with E-state index in [-0.39, 0.29) is 0 Å². The van der Waals surface area contributed by atoms with E-state index in [4.69, 9.17) is 0 Å². The van der Waals surface area contributed by atoms with Crippen LogP contribution in [0.3, 0.4) is 0 Å². The van der Waals surface area contributed by atoms with Crippen LogP contribution in [0.25, 0.3) is 0 Å². The molecule has 1 N–H and O–H groups in total. The van der Waals surface area contributed by atoms with Crippen molar-refractivity contribution in [3.8, 4) is 0 Å². The third kappa shape index (κ3) is 3.39. The van der Waals surface area contributed by atoms with Crippen LogP contribution in [-0.4, -0.2) is 37.4 Å². The number of hydrogen-bond donors (Lipinski definition) is 1. The highest BCUT2D eigenvalue weighted by molar-refractivity contribution is 4.88. The first-order chi connectivity index (χ1) is 8.25. The normalized spacial score (nSPS) is 10.9. The predicted octanol–water partition coefficient (Wildman–Crippen LogP) is 0.152. The Hall–Kier alpha value is -1.69. The van der Waals surface area contributed by atoms with Crippen molar-refractivity contribution in [2.45, 2.75) is 19.9 Å². The molecular formula is C11H18N6. The maximum Gasteiger partial charge on any atom is 0.151 e. The SMILES string of the molecule is Cc1nccn1CCNCCc1ncn(C)n1. The van der Waals surface area contributed by atoms with Crippen molar-refractivity contribution in [1.82, 2.24) is 29.6 Å². The smallest absolute Gasteiger partial charge is 0.151 e. The Labute approximate surface area is 101 Å². The highest BCUT2D eigenvalue weighted by Gasteiger charge is 1.98. The van der Waals surface area contributed by atoms with E-state index < -0.39 is 0 Å². The van der Waals surface area contributed by atoms with Gasteiger partial charge in [-0.05, 0) is 6.92 Å². The van der Waals surface area contributed by atoms with Gasteiger partial charge in [-0.3, -0.25) is 4.68 Å². The van der Waals surface area contributed by atoms with Crippen molar-refractivity contribution in [3.05, 3.63) is 30.4 Å². The predicted molar refractivity (Wildman–Crippen MR) is 64.5 cm³/mol. The molecule has 2 heterocycles. The molecule has 92 valence electrons. The van der Waals surface area contributed by atoms with Crippen molar-refractivity contribution in [3.63, 3.8) is 0 Å². The molecule has 0 atom stereocenters. The lowest BCUT2D eigenvalue weighted by atomic mass is 10.4. The van der Waals surface area contributed by atoms with Gasteiger partial charge in [0.05, 0.1) is 0 Å². The summed E-state index contributed by atoms with van der Waals surface area (Å²) >= 11 is 0. The van der Waals surface area contributed by atoms with Gasteiger partial charge in [-0.25, -0.2) is 9.97 Å². The Balaban J connectivity index is 1.62. The fourth-order valence-electron chi connectivity index (χ4n) is 1.66. The molecule has 0 unspecified atom stereocenters. The molecule has 0 saturated heterocycles. The number of nitrogens with one attached hydrogen (secondary N) is 1. The van der Waals surface area contributed by atoms with E-state index in [1.165, 1.54) is 0 Å². The molecule has 0 aliphatic carbocycles. The second kappa shape index (κ2) is 5.58. The molecule has 2 aromatic rings. The second-order valence-electron chi connectivity index (χ2n) is 4.00. The topological polar surface area (TPSA) is 60.6 Å². The van der Waals surface area contributed by atoms with Crippen molar-refractivity contribution in [2.75, 3.05) is 13.1 Å². The van der Waals surface area contributed by atoms with Gasteiger partial charge in [-0.15, -0.1) is 0 Å². The van der Waals surface area contributed by atoms with Crippen LogP contribution in [0.15, 0.2) is 18.7 Å². The molecule has 0 aliphatic rings.